The maximum Gasteiger partial charge on any atom is 0.220 e. The smallest absolute Gasteiger partial charge is 0.220 e. The maximum atomic E-state index is 11.4. The van der Waals surface area contributed by atoms with Gasteiger partial charge < -0.3 is 16.4 Å². The highest BCUT2D eigenvalue weighted by Crippen LogP contribution is 2.18. The van der Waals surface area contributed by atoms with Gasteiger partial charge in [0.2, 0.25) is 5.91 Å². The van der Waals surface area contributed by atoms with Crippen molar-refractivity contribution >= 4 is 17.5 Å². The monoisotopic (exact) mass is 235 g/mol. The number of aromatic nitrogens is 2. The fourth-order valence-corrected chi connectivity index (χ4v) is 1.46. The highest BCUT2D eigenvalue weighted by atomic mass is 16.1. The summed E-state index contributed by atoms with van der Waals surface area (Å²) in [6.45, 7) is 0.691. The molecule has 1 aromatic rings. The minimum absolute atomic E-state index is 0.132. The first-order valence-electron chi connectivity index (χ1n) is 5.85. The lowest BCUT2D eigenvalue weighted by Gasteiger charge is -2.05. The zero-order chi connectivity index (χ0) is 12.1. The van der Waals surface area contributed by atoms with E-state index in [2.05, 4.69) is 20.6 Å². The highest BCUT2D eigenvalue weighted by Gasteiger charge is 2.22. The largest absolute Gasteiger partial charge is 0.382 e. The van der Waals surface area contributed by atoms with Crippen molar-refractivity contribution in [2.24, 2.45) is 0 Å². The van der Waals surface area contributed by atoms with Crippen LogP contribution in [-0.4, -0.2) is 28.5 Å². The van der Waals surface area contributed by atoms with Gasteiger partial charge in [0.15, 0.2) is 0 Å². The van der Waals surface area contributed by atoms with Crippen LogP contribution in [0.2, 0.25) is 0 Å². The number of nitrogen functional groups attached to an aromatic ring is 1. The zero-order valence-corrected chi connectivity index (χ0v) is 9.65. The lowest BCUT2D eigenvalue weighted by atomic mass is 10.3. The van der Waals surface area contributed by atoms with Crippen LogP contribution < -0.4 is 16.4 Å². The number of rotatable bonds is 6. The molecule has 6 heteroatoms. The Hall–Kier alpha value is -1.85. The van der Waals surface area contributed by atoms with Crippen molar-refractivity contribution < 1.29 is 4.79 Å². The standard InChI is InChI=1S/C11H17N5O/c12-9-6-13-7-10(16-9)14-5-1-2-11(17)15-8-3-4-8/h6-8H,1-5H2,(H,15,17)(H3,12,14,16). The molecule has 0 aliphatic heterocycles. The molecule has 1 heterocycles. The summed E-state index contributed by atoms with van der Waals surface area (Å²) in [7, 11) is 0. The van der Waals surface area contributed by atoms with Gasteiger partial charge in [0.25, 0.3) is 0 Å². The number of carbonyl (C=O) groups is 1. The molecule has 1 amide bonds. The van der Waals surface area contributed by atoms with Gasteiger partial charge in [0.1, 0.15) is 11.6 Å². The molecule has 1 aliphatic rings. The molecule has 17 heavy (non-hydrogen) atoms. The van der Waals surface area contributed by atoms with Crippen LogP contribution in [0.1, 0.15) is 25.7 Å². The van der Waals surface area contributed by atoms with E-state index in [1.807, 2.05) is 0 Å². The van der Waals surface area contributed by atoms with Gasteiger partial charge in [-0.05, 0) is 19.3 Å². The quantitative estimate of drug-likeness (QED) is 0.625. The van der Waals surface area contributed by atoms with E-state index < -0.39 is 0 Å². The first-order valence-corrected chi connectivity index (χ1v) is 5.85. The fraction of sp³-hybridized carbons (Fsp3) is 0.545. The van der Waals surface area contributed by atoms with Gasteiger partial charge in [-0.15, -0.1) is 0 Å². The highest BCUT2D eigenvalue weighted by molar-refractivity contribution is 5.76. The van der Waals surface area contributed by atoms with E-state index in [1.54, 1.807) is 6.20 Å². The lowest BCUT2D eigenvalue weighted by molar-refractivity contribution is -0.121. The molecule has 0 radical (unpaired) electrons. The van der Waals surface area contributed by atoms with Gasteiger partial charge in [-0.2, -0.15) is 0 Å². The van der Waals surface area contributed by atoms with Crippen LogP contribution in [0.4, 0.5) is 11.6 Å². The molecule has 6 nitrogen and oxygen atoms in total. The summed E-state index contributed by atoms with van der Waals surface area (Å²) in [5, 5.41) is 6.02. The molecule has 1 saturated carbocycles. The van der Waals surface area contributed by atoms with Crippen LogP contribution in [0.3, 0.4) is 0 Å². The van der Waals surface area contributed by atoms with E-state index >= 15 is 0 Å². The SMILES string of the molecule is Nc1cncc(NCCCC(=O)NC2CC2)n1. The predicted octanol–water partition coefficient (Wildman–Crippen LogP) is 0.529. The first kappa shape index (κ1) is 11.6. The number of nitrogens with one attached hydrogen (secondary N) is 2. The van der Waals surface area contributed by atoms with Crippen molar-refractivity contribution in [3.05, 3.63) is 12.4 Å². The third-order valence-electron chi connectivity index (χ3n) is 2.48. The second-order valence-corrected chi connectivity index (χ2v) is 4.20. The Morgan fingerprint density at radius 3 is 3.00 bits per heavy atom. The molecule has 1 aromatic heterocycles. The molecular weight excluding hydrogens is 218 g/mol. The first-order chi connectivity index (χ1) is 8.24. The van der Waals surface area contributed by atoms with Crippen LogP contribution in [0.5, 0.6) is 0 Å². The van der Waals surface area contributed by atoms with Crippen LogP contribution in [0.15, 0.2) is 12.4 Å². The molecule has 0 atom stereocenters. The van der Waals surface area contributed by atoms with Crippen molar-refractivity contribution in [1.29, 1.82) is 0 Å². The molecule has 0 bridgehead atoms. The summed E-state index contributed by atoms with van der Waals surface area (Å²) in [5.74, 6) is 1.17. The van der Waals surface area contributed by atoms with E-state index in [0.29, 0.717) is 30.6 Å². The Kier molecular flexibility index (Phi) is 3.74. The van der Waals surface area contributed by atoms with Crippen molar-refractivity contribution in [1.82, 2.24) is 15.3 Å². The minimum atomic E-state index is 0.132. The Morgan fingerprint density at radius 2 is 2.29 bits per heavy atom. The van der Waals surface area contributed by atoms with Gasteiger partial charge in [0, 0.05) is 19.0 Å². The topological polar surface area (TPSA) is 92.9 Å². The van der Waals surface area contributed by atoms with Crippen molar-refractivity contribution in [3.8, 4) is 0 Å². The Balaban J connectivity index is 1.60. The summed E-state index contributed by atoms with van der Waals surface area (Å²) < 4.78 is 0. The Morgan fingerprint density at radius 1 is 1.47 bits per heavy atom. The molecule has 0 aromatic carbocycles. The van der Waals surface area contributed by atoms with E-state index in [4.69, 9.17) is 5.73 Å². The lowest BCUT2D eigenvalue weighted by Crippen LogP contribution is -2.25. The van der Waals surface area contributed by atoms with E-state index in [0.717, 1.165) is 19.3 Å². The summed E-state index contributed by atoms with van der Waals surface area (Å²) in [6, 6.07) is 0.440. The summed E-state index contributed by atoms with van der Waals surface area (Å²) in [6.07, 6.45) is 6.68. The fourth-order valence-electron chi connectivity index (χ4n) is 1.46. The second kappa shape index (κ2) is 5.47. The van der Waals surface area contributed by atoms with Gasteiger partial charge in [-0.1, -0.05) is 0 Å². The molecule has 0 spiro atoms. The number of carbonyl (C=O) groups excluding carboxylic acids is 1. The zero-order valence-electron chi connectivity index (χ0n) is 9.65. The minimum Gasteiger partial charge on any atom is -0.382 e. The summed E-state index contributed by atoms with van der Waals surface area (Å²) in [4.78, 5) is 19.3. The molecule has 4 N–H and O–H groups in total. The molecule has 2 rings (SSSR count). The average molecular weight is 235 g/mol. The average Bonchev–Trinajstić information content (AvgIpc) is 3.08. The molecular formula is C11H17N5O. The van der Waals surface area contributed by atoms with Gasteiger partial charge in [0.05, 0.1) is 12.4 Å². The van der Waals surface area contributed by atoms with E-state index in [1.165, 1.54) is 6.20 Å². The van der Waals surface area contributed by atoms with Crippen LogP contribution in [0, 0.1) is 0 Å². The molecule has 92 valence electrons. The van der Waals surface area contributed by atoms with Crippen molar-refractivity contribution in [2.75, 3.05) is 17.6 Å². The number of hydrogen-bond donors (Lipinski definition) is 3. The predicted molar refractivity (Wildman–Crippen MR) is 65.3 cm³/mol. The summed E-state index contributed by atoms with van der Waals surface area (Å²) in [5.41, 5.74) is 5.50. The maximum absolute atomic E-state index is 11.4. The van der Waals surface area contributed by atoms with Crippen LogP contribution >= 0.6 is 0 Å². The van der Waals surface area contributed by atoms with E-state index in [-0.39, 0.29) is 5.91 Å². The molecule has 0 unspecified atom stereocenters. The number of amides is 1. The molecule has 0 saturated heterocycles. The Bertz CT molecular complexity index is 391. The van der Waals surface area contributed by atoms with Gasteiger partial charge in [-0.25, -0.2) is 4.98 Å². The number of anilines is 2. The molecule has 1 fully saturated rings. The normalized spacial score (nSPS) is 14.4. The second-order valence-electron chi connectivity index (χ2n) is 4.20. The van der Waals surface area contributed by atoms with Crippen LogP contribution in [0.25, 0.3) is 0 Å². The van der Waals surface area contributed by atoms with Gasteiger partial charge in [-0.3, -0.25) is 9.78 Å². The number of nitrogens with zero attached hydrogens (tertiary/aromatic N) is 2. The molecule has 1 aliphatic carbocycles. The number of hydrogen-bond acceptors (Lipinski definition) is 5. The van der Waals surface area contributed by atoms with Crippen molar-refractivity contribution in [2.45, 2.75) is 31.7 Å². The van der Waals surface area contributed by atoms with Gasteiger partial charge >= 0.3 is 0 Å². The summed E-state index contributed by atoms with van der Waals surface area (Å²) >= 11 is 0. The third kappa shape index (κ3) is 4.26. The van der Waals surface area contributed by atoms with E-state index in [9.17, 15) is 4.79 Å². The Labute approximate surface area is 100 Å². The van der Waals surface area contributed by atoms with Crippen LogP contribution in [-0.2, 0) is 4.79 Å². The van der Waals surface area contributed by atoms with Crippen molar-refractivity contribution in [3.63, 3.8) is 0 Å². The third-order valence-corrected chi connectivity index (χ3v) is 2.48. The number of nitrogens with two attached hydrogens (primary N) is 1.